The molecule has 0 spiro atoms. The van der Waals surface area contributed by atoms with Gasteiger partial charge < -0.3 is 15.8 Å². The minimum Gasteiger partial charge on any atom is -0.444 e. The molecule has 106 valence electrons. The number of aromatic nitrogens is 1. The number of nitrogens with one attached hydrogen (secondary N) is 1. The van der Waals surface area contributed by atoms with E-state index >= 15 is 0 Å². The van der Waals surface area contributed by atoms with E-state index in [0.29, 0.717) is 5.69 Å². The van der Waals surface area contributed by atoms with Crippen LogP contribution in [-0.2, 0) is 4.74 Å². The Balaban J connectivity index is 2.76. The predicted octanol–water partition coefficient (Wildman–Crippen LogP) is 3.03. The molecule has 0 aliphatic rings. The van der Waals surface area contributed by atoms with Gasteiger partial charge in [0.2, 0.25) is 0 Å². The third-order valence-electron chi connectivity index (χ3n) is 2.45. The Bertz CT molecular complexity index is 427. The minimum atomic E-state index is -0.505. The molecule has 1 aromatic heterocycles. The molecule has 3 N–H and O–H groups in total. The van der Waals surface area contributed by atoms with Crippen molar-refractivity contribution in [3.63, 3.8) is 0 Å². The lowest BCUT2D eigenvalue weighted by atomic mass is 10.0. The second kappa shape index (κ2) is 6.41. The summed E-state index contributed by atoms with van der Waals surface area (Å²) >= 11 is 0. The van der Waals surface area contributed by atoms with Gasteiger partial charge in [0.25, 0.3) is 0 Å². The van der Waals surface area contributed by atoms with E-state index in [1.165, 1.54) is 0 Å². The molecule has 1 amide bonds. The standard InChI is InChI=1S/C14H23N3O2/c1-5-6-12(10-7-11(15)9-16-8-10)17-13(18)19-14(2,3)4/h7-9,12H,5-6,15H2,1-4H3,(H,17,18). The number of nitrogens with two attached hydrogens (primary N) is 1. The lowest BCUT2D eigenvalue weighted by molar-refractivity contribution is 0.0501. The largest absolute Gasteiger partial charge is 0.444 e. The number of hydrogen-bond donors (Lipinski definition) is 2. The SMILES string of the molecule is CCCC(NC(=O)OC(C)(C)C)c1cncc(N)c1. The zero-order chi connectivity index (χ0) is 14.5. The van der Waals surface area contributed by atoms with Gasteiger partial charge in [-0.15, -0.1) is 0 Å². The van der Waals surface area contributed by atoms with Gasteiger partial charge in [-0.1, -0.05) is 13.3 Å². The van der Waals surface area contributed by atoms with Crippen molar-refractivity contribution in [2.24, 2.45) is 0 Å². The van der Waals surface area contributed by atoms with Crippen molar-refractivity contribution in [2.45, 2.75) is 52.2 Å². The second-order valence-electron chi connectivity index (χ2n) is 5.54. The van der Waals surface area contributed by atoms with Crippen LogP contribution in [0.15, 0.2) is 18.5 Å². The van der Waals surface area contributed by atoms with Crippen molar-refractivity contribution in [1.82, 2.24) is 10.3 Å². The van der Waals surface area contributed by atoms with Gasteiger partial charge in [-0.3, -0.25) is 4.98 Å². The van der Waals surface area contributed by atoms with Crippen LogP contribution < -0.4 is 11.1 Å². The molecule has 5 nitrogen and oxygen atoms in total. The molecule has 0 aliphatic heterocycles. The summed E-state index contributed by atoms with van der Waals surface area (Å²) in [5.41, 5.74) is 6.70. The molecule has 0 bridgehead atoms. The molecule has 0 saturated heterocycles. The molecule has 0 aliphatic carbocycles. The topological polar surface area (TPSA) is 77.2 Å². The van der Waals surface area contributed by atoms with E-state index in [1.54, 1.807) is 12.4 Å². The van der Waals surface area contributed by atoms with Crippen LogP contribution in [0.4, 0.5) is 10.5 Å². The molecule has 5 heteroatoms. The van der Waals surface area contributed by atoms with E-state index in [4.69, 9.17) is 10.5 Å². The first-order valence-corrected chi connectivity index (χ1v) is 6.51. The molecule has 1 unspecified atom stereocenters. The van der Waals surface area contributed by atoms with Crippen molar-refractivity contribution in [1.29, 1.82) is 0 Å². The highest BCUT2D eigenvalue weighted by molar-refractivity contribution is 5.68. The molecule has 1 heterocycles. The summed E-state index contributed by atoms with van der Waals surface area (Å²) in [4.78, 5) is 15.9. The van der Waals surface area contributed by atoms with Gasteiger partial charge in [-0.2, -0.15) is 0 Å². The summed E-state index contributed by atoms with van der Waals surface area (Å²) in [6.45, 7) is 7.57. The predicted molar refractivity (Wildman–Crippen MR) is 75.7 cm³/mol. The molecular weight excluding hydrogens is 242 g/mol. The maximum absolute atomic E-state index is 11.8. The second-order valence-corrected chi connectivity index (χ2v) is 5.54. The summed E-state index contributed by atoms with van der Waals surface area (Å²) in [5, 5.41) is 2.86. The molecule has 0 aromatic carbocycles. The number of ether oxygens (including phenoxy) is 1. The fourth-order valence-corrected chi connectivity index (χ4v) is 1.73. The number of anilines is 1. The van der Waals surface area contributed by atoms with Gasteiger partial charge in [-0.25, -0.2) is 4.79 Å². The lowest BCUT2D eigenvalue weighted by Gasteiger charge is -2.23. The molecule has 1 atom stereocenters. The summed E-state index contributed by atoms with van der Waals surface area (Å²) in [7, 11) is 0. The van der Waals surface area contributed by atoms with Crippen LogP contribution in [-0.4, -0.2) is 16.7 Å². The number of nitrogens with zero attached hydrogens (tertiary/aromatic N) is 1. The Morgan fingerprint density at radius 1 is 1.47 bits per heavy atom. The van der Waals surface area contributed by atoms with Gasteiger partial charge in [-0.05, 0) is 38.8 Å². The lowest BCUT2D eigenvalue weighted by Crippen LogP contribution is -2.35. The average molecular weight is 265 g/mol. The number of nitrogen functional groups attached to an aromatic ring is 1. The highest BCUT2D eigenvalue weighted by Gasteiger charge is 2.20. The molecule has 1 rings (SSSR count). The van der Waals surface area contributed by atoms with Crippen molar-refractivity contribution >= 4 is 11.8 Å². The molecule has 0 radical (unpaired) electrons. The molecule has 19 heavy (non-hydrogen) atoms. The number of amides is 1. The van der Waals surface area contributed by atoms with Gasteiger partial charge >= 0.3 is 6.09 Å². The van der Waals surface area contributed by atoms with Crippen LogP contribution in [0, 0.1) is 0 Å². The highest BCUT2D eigenvalue weighted by atomic mass is 16.6. The number of carbonyl (C=O) groups is 1. The van der Waals surface area contributed by atoms with Crippen LogP contribution in [0.1, 0.15) is 52.1 Å². The first kappa shape index (κ1) is 15.3. The average Bonchev–Trinajstić information content (AvgIpc) is 2.26. The number of rotatable bonds is 4. The summed E-state index contributed by atoms with van der Waals surface area (Å²) in [6, 6.07) is 1.70. The van der Waals surface area contributed by atoms with Gasteiger partial charge in [0.05, 0.1) is 11.7 Å². The van der Waals surface area contributed by atoms with Crippen molar-refractivity contribution in [2.75, 3.05) is 5.73 Å². The third-order valence-corrected chi connectivity index (χ3v) is 2.45. The van der Waals surface area contributed by atoms with E-state index < -0.39 is 11.7 Å². The maximum Gasteiger partial charge on any atom is 0.408 e. The number of carbonyl (C=O) groups excluding carboxylic acids is 1. The normalized spacial score (nSPS) is 12.8. The van der Waals surface area contributed by atoms with Crippen molar-refractivity contribution < 1.29 is 9.53 Å². The van der Waals surface area contributed by atoms with Crippen LogP contribution >= 0.6 is 0 Å². The van der Waals surface area contributed by atoms with E-state index in [1.807, 2.05) is 26.8 Å². The molecule has 0 saturated carbocycles. The third kappa shape index (κ3) is 5.59. The van der Waals surface area contributed by atoms with Crippen molar-refractivity contribution in [3.05, 3.63) is 24.0 Å². The zero-order valence-corrected chi connectivity index (χ0v) is 12.1. The van der Waals surface area contributed by atoms with E-state index in [9.17, 15) is 4.79 Å². The van der Waals surface area contributed by atoms with Crippen LogP contribution in [0.5, 0.6) is 0 Å². The van der Waals surface area contributed by atoms with Gasteiger partial charge in [0, 0.05) is 12.4 Å². The fraction of sp³-hybridized carbons (Fsp3) is 0.571. The monoisotopic (exact) mass is 265 g/mol. The molecule has 1 aromatic rings. The van der Waals surface area contributed by atoms with E-state index in [-0.39, 0.29) is 6.04 Å². The molecule has 0 fully saturated rings. The maximum atomic E-state index is 11.8. The summed E-state index contributed by atoms with van der Waals surface area (Å²) < 4.78 is 5.26. The van der Waals surface area contributed by atoms with Crippen LogP contribution in [0.2, 0.25) is 0 Å². The number of alkyl carbamates (subject to hydrolysis) is 1. The smallest absolute Gasteiger partial charge is 0.408 e. The van der Waals surface area contributed by atoms with Crippen LogP contribution in [0.3, 0.4) is 0 Å². The summed E-state index contributed by atoms with van der Waals surface area (Å²) in [5.74, 6) is 0. The first-order valence-electron chi connectivity index (χ1n) is 6.51. The zero-order valence-electron chi connectivity index (χ0n) is 12.1. The van der Waals surface area contributed by atoms with Gasteiger partial charge in [0.15, 0.2) is 0 Å². The Morgan fingerprint density at radius 2 is 2.16 bits per heavy atom. The minimum absolute atomic E-state index is 0.129. The fourth-order valence-electron chi connectivity index (χ4n) is 1.73. The van der Waals surface area contributed by atoms with Gasteiger partial charge in [0.1, 0.15) is 5.60 Å². The Hall–Kier alpha value is -1.78. The summed E-state index contributed by atoms with van der Waals surface area (Å²) in [6.07, 6.45) is 4.63. The van der Waals surface area contributed by atoms with E-state index in [2.05, 4.69) is 17.2 Å². The number of pyridine rings is 1. The molecular formula is C14H23N3O2. The van der Waals surface area contributed by atoms with Crippen LogP contribution in [0.25, 0.3) is 0 Å². The Kier molecular flexibility index (Phi) is 5.15. The first-order chi connectivity index (χ1) is 8.81. The Labute approximate surface area is 114 Å². The van der Waals surface area contributed by atoms with E-state index in [0.717, 1.165) is 18.4 Å². The van der Waals surface area contributed by atoms with Crippen molar-refractivity contribution in [3.8, 4) is 0 Å². The quantitative estimate of drug-likeness (QED) is 0.877. The Morgan fingerprint density at radius 3 is 2.68 bits per heavy atom. The number of hydrogen-bond acceptors (Lipinski definition) is 4. The highest BCUT2D eigenvalue weighted by Crippen LogP contribution is 2.20.